The minimum Gasteiger partial charge on any atom is -0.470 e. The van der Waals surface area contributed by atoms with Crippen molar-refractivity contribution in [2.45, 2.75) is 46.5 Å². The lowest BCUT2D eigenvalue weighted by Crippen LogP contribution is -2.15. The summed E-state index contributed by atoms with van der Waals surface area (Å²) in [5, 5.41) is 7.94. The van der Waals surface area contributed by atoms with Crippen LogP contribution in [-0.2, 0) is 9.53 Å². The van der Waals surface area contributed by atoms with Crippen molar-refractivity contribution in [3.05, 3.63) is 34.9 Å². The summed E-state index contributed by atoms with van der Waals surface area (Å²) < 4.78 is 5.32. The second-order valence-corrected chi connectivity index (χ2v) is 4.88. The third-order valence-corrected chi connectivity index (χ3v) is 3.14. The lowest BCUT2D eigenvalue weighted by atomic mass is 10.0. The molecule has 0 aliphatic rings. The molecule has 104 valence electrons. The number of ketones is 1. The maximum atomic E-state index is 11.6. The van der Waals surface area contributed by atoms with Crippen LogP contribution in [0.25, 0.3) is 0 Å². The maximum absolute atomic E-state index is 11.6. The number of carbonyl (C=O) groups excluding carboxylic acids is 1. The van der Waals surface area contributed by atoms with Crippen LogP contribution in [0.5, 0.6) is 0 Å². The molecule has 3 heteroatoms. The predicted octanol–water partition coefficient (Wildman–Crippen LogP) is 3.79. The van der Waals surface area contributed by atoms with Crippen LogP contribution in [0.4, 0.5) is 0 Å². The topological polar surface area (TPSA) is 50.2 Å². The predicted molar refractivity (Wildman–Crippen MR) is 77.8 cm³/mol. The van der Waals surface area contributed by atoms with Gasteiger partial charge in [0, 0.05) is 12.0 Å². The standard InChI is InChI=1S/C16H23NO2/c1-4-5-6-10-14(18)11-19-16(17)15-12(2)8-7-9-13(15)3/h7-9,17H,4-6,10-11H2,1-3H3. The van der Waals surface area contributed by atoms with Gasteiger partial charge in [-0.05, 0) is 31.4 Å². The molecule has 0 heterocycles. The van der Waals surface area contributed by atoms with Crippen molar-refractivity contribution in [1.82, 2.24) is 0 Å². The molecule has 0 atom stereocenters. The highest BCUT2D eigenvalue weighted by molar-refractivity contribution is 5.96. The van der Waals surface area contributed by atoms with Gasteiger partial charge in [0.15, 0.2) is 5.78 Å². The fraction of sp³-hybridized carbons (Fsp3) is 0.500. The Bertz CT molecular complexity index is 432. The second-order valence-electron chi connectivity index (χ2n) is 4.88. The Labute approximate surface area is 115 Å². The highest BCUT2D eigenvalue weighted by Crippen LogP contribution is 2.14. The van der Waals surface area contributed by atoms with Gasteiger partial charge in [-0.25, -0.2) is 0 Å². The molecule has 0 saturated heterocycles. The van der Waals surface area contributed by atoms with Crippen LogP contribution in [0, 0.1) is 19.3 Å². The zero-order chi connectivity index (χ0) is 14.3. The Morgan fingerprint density at radius 3 is 2.42 bits per heavy atom. The van der Waals surface area contributed by atoms with E-state index >= 15 is 0 Å². The van der Waals surface area contributed by atoms with E-state index in [4.69, 9.17) is 10.1 Å². The highest BCUT2D eigenvalue weighted by Gasteiger charge is 2.11. The Hall–Kier alpha value is -1.64. The minimum atomic E-state index is 0.0102. The summed E-state index contributed by atoms with van der Waals surface area (Å²) in [4.78, 5) is 11.6. The number of hydrogen-bond acceptors (Lipinski definition) is 3. The van der Waals surface area contributed by atoms with Crippen molar-refractivity contribution in [2.75, 3.05) is 6.61 Å². The first-order valence-corrected chi connectivity index (χ1v) is 6.86. The number of rotatable bonds is 7. The number of hydrogen-bond donors (Lipinski definition) is 1. The SMILES string of the molecule is CCCCCC(=O)COC(=N)c1c(C)cccc1C. The Balaban J connectivity index is 2.49. The van der Waals surface area contributed by atoms with E-state index in [2.05, 4.69) is 6.92 Å². The Morgan fingerprint density at radius 1 is 1.21 bits per heavy atom. The van der Waals surface area contributed by atoms with Gasteiger partial charge < -0.3 is 4.74 Å². The first-order valence-electron chi connectivity index (χ1n) is 6.86. The normalized spacial score (nSPS) is 10.3. The molecule has 0 saturated carbocycles. The molecule has 19 heavy (non-hydrogen) atoms. The van der Waals surface area contributed by atoms with Crippen molar-refractivity contribution >= 4 is 11.7 Å². The molecule has 1 aromatic carbocycles. The van der Waals surface area contributed by atoms with Gasteiger partial charge in [0.2, 0.25) is 5.90 Å². The van der Waals surface area contributed by atoms with E-state index in [1.165, 1.54) is 0 Å². The van der Waals surface area contributed by atoms with Crippen molar-refractivity contribution in [3.8, 4) is 0 Å². The van der Waals surface area contributed by atoms with E-state index in [-0.39, 0.29) is 18.3 Å². The van der Waals surface area contributed by atoms with E-state index in [0.29, 0.717) is 6.42 Å². The third kappa shape index (κ3) is 4.86. The van der Waals surface area contributed by atoms with Crippen molar-refractivity contribution in [3.63, 3.8) is 0 Å². The molecule has 1 N–H and O–H groups in total. The van der Waals surface area contributed by atoms with Gasteiger partial charge in [0.25, 0.3) is 0 Å². The number of Topliss-reactive ketones (excluding diaryl/α,β-unsaturated/α-hetero) is 1. The minimum absolute atomic E-state index is 0.0102. The van der Waals surface area contributed by atoms with Gasteiger partial charge in [-0.1, -0.05) is 38.0 Å². The van der Waals surface area contributed by atoms with Crippen LogP contribution < -0.4 is 0 Å². The number of unbranched alkanes of at least 4 members (excludes halogenated alkanes) is 2. The third-order valence-electron chi connectivity index (χ3n) is 3.14. The average molecular weight is 261 g/mol. The molecule has 0 aliphatic heterocycles. The molecular weight excluding hydrogens is 238 g/mol. The lowest BCUT2D eigenvalue weighted by molar-refractivity contribution is -0.121. The fourth-order valence-electron chi connectivity index (χ4n) is 2.04. The second kappa shape index (κ2) is 7.72. The van der Waals surface area contributed by atoms with Crippen LogP contribution in [0.3, 0.4) is 0 Å². The summed E-state index contributed by atoms with van der Waals surface area (Å²) in [7, 11) is 0. The number of carbonyl (C=O) groups is 1. The number of aryl methyl sites for hydroxylation is 2. The molecule has 0 amide bonds. The first kappa shape index (κ1) is 15.4. The summed E-state index contributed by atoms with van der Waals surface area (Å²) >= 11 is 0. The van der Waals surface area contributed by atoms with E-state index in [1.54, 1.807) is 0 Å². The van der Waals surface area contributed by atoms with E-state index in [1.807, 2.05) is 32.0 Å². The summed E-state index contributed by atoms with van der Waals surface area (Å²) in [6, 6.07) is 5.85. The summed E-state index contributed by atoms with van der Waals surface area (Å²) in [5.74, 6) is 0.170. The molecule has 0 unspecified atom stereocenters. The molecule has 0 spiro atoms. The summed E-state index contributed by atoms with van der Waals surface area (Å²) in [6.45, 7) is 6.01. The van der Waals surface area contributed by atoms with Gasteiger partial charge in [-0.3, -0.25) is 10.2 Å². The lowest BCUT2D eigenvalue weighted by Gasteiger charge is -2.11. The summed E-state index contributed by atoms with van der Waals surface area (Å²) in [5.41, 5.74) is 2.80. The van der Waals surface area contributed by atoms with Crippen LogP contribution in [-0.4, -0.2) is 18.3 Å². The Morgan fingerprint density at radius 2 is 1.84 bits per heavy atom. The summed E-state index contributed by atoms with van der Waals surface area (Å²) in [6.07, 6.45) is 3.63. The van der Waals surface area contributed by atoms with E-state index in [9.17, 15) is 4.79 Å². The fourth-order valence-corrected chi connectivity index (χ4v) is 2.04. The van der Waals surface area contributed by atoms with Gasteiger partial charge in [-0.2, -0.15) is 0 Å². The van der Waals surface area contributed by atoms with Gasteiger partial charge >= 0.3 is 0 Å². The van der Waals surface area contributed by atoms with Crippen molar-refractivity contribution in [2.24, 2.45) is 0 Å². The van der Waals surface area contributed by atoms with Crippen LogP contribution >= 0.6 is 0 Å². The van der Waals surface area contributed by atoms with Crippen molar-refractivity contribution in [1.29, 1.82) is 5.41 Å². The van der Waals surface area contributed by atoms with Crippen molar-refractivity contribution < 1.29 is 9.53 Å². The van der Waals surface area contributed by atoms with Crippen LogP contribution in [0.2, 0.25) is 0 Å². The quantitative estimate of drug-likeness (QED) is 0.461. The highest BCUT2D eigenvalue weighted by atomic mass is 16.5. The molecule has 0 bridgehead atoms. The molecule has 3 nitrogen and oxygen atoms in total. The van der Waals surface area contributed by atoms with E-state index < -0.39 is 0 Å². The first-order chi connectivity index (χ1) is 9.06. The largest absolute Gasteiger partial charge is 0.470 e. The molecule has 0 aromatic heterocycles. The monoisotopic (exact) mass is 261 g/mol. The average Bonchev–Trinajstić information content (AvgIpc) is 2.36. The van der Waals surface area contributed by atoms with Gasteiger partial charge in [-0.15, -0.1) is 0 Å². The Kier molecular flexibility index (Phi) is 6.26. The molecule has 0 aliphatic carbocycles. The smallest absolute Gasteiger partial charge is 0.214 e. The molecular formula is C16H23NO2. The van der Waals surface area contributed by atoms with Gasteiger partial charge in [0.1, 0.15) is 6.61 Å². The maximum Gasteiger partial charge on any atom is 0.214 e. The van der Waals surface area contributed by atoms with Crippen LogP contribution in [0.1, 0.15) is 49.3 Å². The molecule has 0 fully saturated rings. The molecule has 1 rings (SSSR count). The number of benzene rings is 1. The molecule has 1 aromatic rings. The zero-order valence-corrected chi connectivity index (χ0v) is 12.1. The molecule has 0 radical (unpaired) electrons. The number of nitrogens with one attached hydrogen (secondary N) is 1. The van der Waals surface area contributed by atoms with Crippen LogP contribution in [0.15, 0.2) is 18.2 Å². The van der Waals surface area contributed by atoms with E-state index in [0.717, 1.165) is 36.0 Å². The zero-order valence-electron chi connectivity index (χ0n) is 12.1. The van der Waals surface area contributed by atoms with Gasteiger partial charge in [0.05, 0.1) is 0 Å². The number of ether oxygens (including phenoxy) is 1.